The van der Waals surface area contributed by atoms with E-state index >= 15 is 0 Å². The Labute approximate surface area is 118 Å². The molecule has 0 aliphatic rings. The van der Waals surface area contributed by atoms with Gasteiger partial charge in [0.05, 0.1) is 0 Å². The molecule has 0 bridgehead atoms. The smallest absolute Gasteiger partial charge is 0.339 e. The third-order valence-corrected chi connectivity index (χ3v) is 3.79. The maximum absolute atomic E-state index is 4.48. The summed E-state index contributed by atoms with van der Waals surface area (Å²) in [6.45, 7) is 0.814. The van der Waals surface area contributed by atoms with Crippen LogP contribution in [-0.4, -0.2) is 35.6 Å². The fraction of sp³-hybridized carbons (Fsp3) is 0.308. The molecule has 6 nitrogen and oxygen atoms in total. The molecule has 20 heavy (non-hydrogen) atoms. The van der Waals surface area contributed by atoms with Crippen LogP contribution in [0.25, 0.3) is 0 Å². The lowest BCUT2D eigenvalue weighted by Gasteiger charge is -2.41. The van der Waals surface area contributed by atoms with Crippen LogP contribution >= 0.6 is 0 Å². The lowest BCUT2D eigenvalue weighted by atomic mass is 9.55. The summed E-state index contributed by atoms with van der Waals surface area (Å²) in [5, 5.41) is 13.4. The zero-order valence-electron chi connectivity index (χ0n) is 11.6. The maximum Gasteiger partial charge on any atom is 0.339 e. The Balaban J connectivity index is 2.18. The summed E-state index contributed by atoms with van der Waals surface area (Å²) in [5.41, 5.74) is 0. The Morgan fingerprint density at radius 1 is 0.800 bits per heavy atom. The molecule has 0 unspecified atom stereocenters. The molecular weight excluding hydrogens is 251 g/mol. The van der Waals surface area contributed by atoms with Crippen molar-refractivity contribution < 1.29 is 0 Å². The van der Waals surface area contributed by atoms with Crippen molar-refractivity contribution in [3.05, 3.63) is 55.4 Å². The minimum atomic E-state index is -1.38. The van der Waals surface area contributed by atoms with Gasteiger partial charge >= 0.3 is 6.55 Å². The molecule has 7 heteroatoms. The van der Waals surface area contributed by atoms with E-state index in [-0.39, 0.29) is 0 Å². The molecule has 0 aliphatic heterocycles. The van der Waals surface area contributed by atoms with Crippen LogP contribution in [0.15, 0.2) is 55.4 Å². The standard InChI is InChI=1S/C13H18BN6/c1-2-3-7-14(18-11-4-8-15-18,19-12-5-9-16-19)20-13-6-10-17-20/h4-6,8-13H,2-3,7H2,1H3/q-1. The average Bonchev–Trinajstić information content (AvgIpc) is 3.23. The average molecular weight is 269 g/mol. The monoisotopic (exact) mass is 269 g/mol. The largest absolute Gasteiger partial charge is 0.400 e. The molecule has 0 fully saturated rings. The molecule has 0 aliphatic carbocycles. The molecule has 0 saturated heterocycles. The van der Waals surface area contributed by atoms with E-state index in [4.69, 9.17) is 0 Å². The summed E-state index contributed by atoms with van der Waals surface area (Å²) >= 11 is 0. The van der Waals surface area contributed by atoms with Gasteiger partial charge in [-0.05, 0) is 36.8 Å². The second kappa shape index (κ2) is 5.36. The first kappa shape index (κ1) is 12.7. The quantitative estimate of drug-likeness (QED) is 0.643. The molecule has 0 N–H and O–H groups in total. The summed E-state index contributed by atoms with van der Waals surface area (Å²) in [4.78, 5) is 0. The van der Waals surface area contributed by atoms with Crippen molar-refractivity contribution in [3.8, 4) is 0 Å². The van der Waals surface area contributed by atoms with E-state index in [1.807, 2.05) is 50.6 Å². The van der Waals surface area contributed by atoms with E-state index in [0.717, 1.165) is 19.2 Å². The highest BCUT2D eigenvalue weighted by Crippen LogP contribution is 2.19. The van der Waals surface area contributed by atoms with Gasteiger partial charge in [0.1, 0.15) is 0 Å². The summed E-state index contributed by atoms with van der Waals surface area (Å²) < 4.78 is 5.95. The Hall–Kier alpha value is -2.31. The second-order valence-corrected chi connectivity index (χ2v) is 4.99. The van der Waals surface area contributed by atoms with E-state index in [2.05, 4.69) is 22.2 Å². The summed E-state index contributed by atoms with van der Waals surface area (Å²) in [7, 11) is 0. The van der Waals surface area contributed by atoms with Crippen LogP contribution in [0.3, 0.4) is 0 Å². The first-order valence-corrected chi connectivity index (χ1v) is 7.04. The van der Waals surface area contributed by atoms with E-state index in [0.29, 0.717) is 0 Å². The fourth-order valence-corrected chi connectivity index (χ4v) is 2.81. The van der Waals surface area contributed by atoms with Gasteiger partial charge in [0, 0.05) is 18.6 Å². The number of nitrogens with zero attached hydrogens (tertiary/aromatic N) is 6. The molecular formula is C13H18BN6-. The minimum absolute atomic E-state index is 0.932. The van der Waals surface area contributed by atoms with Crippen LogP contribution in [0.4, 0.5) is 0 Å². The van der Waals surface area contributed by atoms with Crippen molar-refractivity contribution in [1.82, 2.24) is 29.1 Å². The molecule has 0 radical (unpaired) electrons. The Kier molecular flexibility index (Phi) is 3.41. The van der Waals surface area contributed by atoms with Crippen LogP contribution in [0.2, 0.25) is 6.32 Å². The predicted molar refractivity (Wildman–Crippen MR) is 78.3 cm³/mol. The fourth-order valence-electron chi connectivity index (χ4n) is 2.81. The molecule has 3 aromatic rings. The van der Waals surface area contributed by atoms with E-state index in [1.54, 1.807) is 18.6 Å². The predicted octanol–water partition coefficient (Wildman–Crippen LogP) is 1.96. The van der Waals surface area contributed by atoms with Gasteiger partial charge in [-0.3, -0.25) is 0 Å². The van der Waals surface area contributed by atoms with Crippen LogP contribution < -0.4 is 0 Å². The van der Waals surface area contributed by atoms with Gasteiger partial charge in [-0.1, -0.05) is 19.8 Å². The Bertz CT molecular complexity index is 530. The summed E-state index contributed by atoms with van der Waals surface area (Å²) in [6.07, 6.45) is 14.5. The number of hydrogen-bond donors (Lipinski definition) is 0. The highest BCUT2D eigenvalue weighted by molar-refractivity contribution is 6.74. The van der Waals surface area contributed by atoms with Gasteiger partial charge in [-0.25, -0.2) is 15.3 Å². The highest BCUT2D eigenvalue weighted by atomic mass is 15.5. The Morgan fingerprint density at radius 2 is 1.25 bits per heavy atom. The van der Waals surface area contributed by atoms with Gasteiger partial charge in [0.25, 0.3) is 0 Å². The van der Waals surface area contributed by atoms with Gasteiger partial charge in [-0.15, -0.1) is 6.32 Å². The topological polar surface area (TPSA) is 53.5 Å². The first-order valence-electron chi connectivity index (χ1n) is 7.04. The highest BCUT2D eigenvalue weighted by Gasteiger charge is 2.33. The van der Waals surface area contributed by atoms with Gasteiger partial charge in [0.2, 0.25) is 0 Å². The number of unbranched alkanes of at least 4 members (excludes halogenated alkanes) is 1. The van der Waals surface area contributed by atoms with Crippen molar-refractivity contribution in [2.75, 3.05) is 0 Å². The van der Waals surface area contributed by atoms with E-state index < -0.39 is 6.55 Å². The van der Waals surface area contributed by atoms with Crippen molar-refractivity contribution in [3.63, 3.8) is 0 Å². The maximum atomic E-state index is 4.48. The normalized spacial score (nSPS) is 11.8. The van der Waals surface area contributed by atoms with E-state index in [9.17, 15) is 0 Å². The third-order valence-electron chi connectivity index (χ3n) is 3.79. The third kappa shape index (κ3) is 1.95. The van der Waals surface area contributed by atoms with Crippen LogP contribution in [0.1, 0.15) is 19.8 Å². The van der Waals surface area contributed by atoms with Gasteiger partial charge < -0.3 is 13.8 Å². The van der Waals surface area contributed by atoms with Crippen molar-refractivity contribution in [1.29, 1.82) is 0 Å². The van der Waals surface area contributed by atoms with Crippen LogP contribution in [-0.2, 0) is 0 Å². The Morgan fingerprint density at radius 3 is 1.55 bits per heavy atom. The van der Waals surface area contributed by atoms with Gasteiger partial charge in [0.15, 0.2) is 0 Å². The summed E-state index contributed by atoms with van der Waals surface area (Å²) in [5.74, 6) is 0. The molecule has 0 spiro atoms. The van der Waals surface area contributed by atoms with Crippen molar-refractivity contribution >= 4 is 6.55 Å². The van der Waals surface area contributed by atoms with Crippen molar-refractivity contribution in [2.45, 2.75) is 26.1 Å². The molecule has 3 heterocycles. The summed E-state index contributed by atoms with van der Waals surface area (Å²) in [6, 6.07) is 5.82. The molecule has 3 aromatic heterocycles. The number of rotatable bonds is 6. The van der Waals surface area contributed by atoms with Crippen LogP contribution in [0.5, 0.6) is 0 Å². The zero-order valence-corrected chi connectivity index (χ0v) is 11.6. The molecule has 0 saturated carbocycles. The molecule has 104 valence electrons. The lowest BCUT2D eigenvalue weighted by molar-refractivity contribution is 0.689. The first-order chi connectivity index (χ1) is 9.88. The molecule has 3 rings (SSSR count). The lowest BCUT2D eigenvalue weighted by Crippen LogP contribution is -2.59. The van der Waals surface area contributed by atoms with Crippen molar-refractivity contribution in [2.24, 2.45) is 0 Å². The minimum Gasteiger partial charge on any atom is -0.400 e. The SMILES string of the molecule is CCCC[B-](n1cccn1)(n1cccn1)n1cccn1. The number of aromatic nitrogens is 6. The molecule has 0 amide bonds. The number of hydrogen-bond acceptors (Lipinski definition) is 3. The molecule has 0 atom stereocenters. The van der Waals surface area contributed by atoms with Gasteiger partial charge in [-0.2, -0.15) is 0 Å². The second-order valence-electron chi connectivity index (χ2n) is 4.99. The molecule has 0 aromatic carbocycles. The van der Waals surface area contributed by atoms with E-state index in [1.165, 1.54) is 0 Å². The zero-order chi connectivity index (χ0) is 13.8. The van der Waals surface area contributed by atoms with Crippen LogP contribution in [0, 0.1) is 0 Å².